The first-order valence-electron chi connectivity index (χ1n) is 8.91. The molecule has 3 nitrogen and oxygen atoms in total. The van der Waals surface area contributed by atoms with Crippen LogP contribution in [0.4, 0.5) is 0 Å². The number of rotatable bonds is 8. The van der Waals surface area contributed by atoms with E-state index in [0.29, 0.717) is 11.5 Å². The Bertz CT molecular complexity index is 406. The predicted octanol–water partition coefficient (Wildman–Crippen LogP) is 4.35. The van der Waals surface area contributed by atoms with Crippen molar-refractivity contribution in [1.82, 2.24) is 15.1 Å². The minimum Gasteiger partial charge on any atom is -0.316 e. The fourth-order valence-electron chi connectivity index (χ4n) is 3.34. The van der Waals surface area contributed by atoms with E-state index in [9.17, 15) is 0 Å². The summed E-state index contributed by atoms with van der Waals surface area (Å²) in [6.07, 6.45) is 12.5. The fraction of sp³-hybridized carbons (Fsp3) is 0.833. The first-order chi connectivity index (χ1) is 10.2. The Labute approximate surface area is 130 Å². The maximum Gasteiger partial charge on any atom is 0.0630 e. The van der Waals surface area contributed by atoms with E-state index in [1.165, 1.54) is 50.6 Å². The maximum atomic E-state index is 4.88. The molecule has 1 aliphatic rings. The number of nitrogens with one attached hydrogen (secondary N) is 1. The Morgan fingerprint density at radius 3 is 2.71 bits per heavy atom. The first kappa shape index (κ1) is 16.5. The highest BCUT2D eigenvalue weighted by Gasteiger charge is 2.24. The molecule has 120 valence electrons. The van der Waals surface area contributed by atoms with Crippen molar-refractivity contribution in [3.05, 3.63) is 18.0 Å². The van der Waals surface area contributed by atoms with Gasteiger partial charge in [-0.1, -0.05) is 40.0 Å². The Morgan fingerprint density at radius 1 is 1.29 bits per heavy atom. The fourth-order valence-corrected chi connectivity index (χ4v) is 3.34. The highest BCUT2D eigenvalue weighted by atomic mass is 15.3. The van der Waals surface area contributed by atoms with Crippen LogP contribution in [0.15, 0.2) is 12.3 Å². The van der Waals surface area contributed by atoms with Gasteiger partial charge in [0.05, 0.1) is 11.7 Å². The summed E-state index contributed by atoms with van der Waals surface area (Å²) in [5, 5.41) is 8.47. The van der Waals surface area contributed by atoms with Crippen molar-refractivity contribution in [2.75, 3.05) is 13.1 Å². The number of aromatic nitrogens is 2. The van der Waals surface area contributed by atoms with Gasteiger partial charge < -0.3 is 5.32 Å². The summed E-state index contributed by atoms with van der Waals surface area (Å²) in [6.45, 7) is 9.11. The molecule has 3 heteroatoms. The Morgan fingerprint density at radius 2 is 2.05 bits per heavy atom. The van der Waals surface area contributed by atoms with Crippen molar-refractivity contribution in [2.24, 2.45) is 5.41 Å². The van der Waals surface area contributed by atoms with Gasteiger partial charge >= 0.3 is 0 Å². The van der Waals surface area contributed by atoms with Crippen LogP contribution in [0, 0.1) is 5.41 Å². The molecule has 1 fully saturated rings. The number of hydrogen-bond acceptors (Lipinski definition) is 2. The zero-order valence-electron chi connectivity index (χ0n) is 14.2. The first-order valence-corrected chi connectivity index (χ1v) is 8.91. The monoisotopic (exact) mass is 291 g/mol. The molecule has 0 spiro atoms. The van der Waals surface area contributed by atoms with Crippen molar-refractivity contribution < 1.29 is 0 Å². The minimum absolute atomic E-state index is 0.320. The van der Waals surface area contributed by atoms with Crippen LogP contribution >= 0.6 is 0 Å². The molecule has 1 aliphatic carbocycles. The van der Waals surface area contributed by atoms with Crippen molar-refractivity contribution in [2.45, 2.75) is 78.2 Å². The number of nitrogens with zero attached hydrogens (tertiary/aromatic N) is 2. The van der Waals surface area contributed by atoms with Gasteiger partial charge in [-0.2, -0.15) is 5.10 Å². The third kappa shape index (κ3) is 4.84. The molecule has 1 N–H and O–H groups in total. The molecule has 21 heavy (non-hydrogen) atoms. The van der Waals surface area contributed by atoms with Gasteiger partial charge in [0.2, 0.25) is 0 Å². The van der Waals surface area contributed by atoms with Crippen molar-refractivity contribution in [3.63, 3.8) is 0 Å². The second-order valence-electron chi connectivity index (χ2n) is 7.10. The van der Waals surface area contributed by atoms with Crippen LogP contribution in [0.25, 0.3) is 0 Å². The summed E-state index contributed by atoms with van der Waals surface area (Å²) in [6, 6.07) is 2.89. The molecule has 0 saturated heterocycles. The molecule has 2 rings (SSSR count). The van der Waals surface area contributed by atoms with Crippen LogP contribution in [0.5, 0.6) is 0 Å². The lowest BCUT2D eigenvalue weighted by Gasteiger charge is -2.28. The summed E-state index contributed by atoms with van der Waals surface area (Å²) < 4.78 is 2.24. The summed E-state index contributed by atoms with van der Waals surface area (Å²) in [7, 11) is 0. The molecule has 1 atom stereocenters. The van der Waals surface area contributed by atoms with E-state index in [0.717, 1.165) is 19.5 Å². The Kier molecular flexibility index (Phi) is 6.28. The van der Waals surface area contributed by atoms with E-state index in [4.69, 9.17) is 5.10 Å². The molecular weight excluding hydrogens is 258 g/mol. The van der Waals surface area contributed by atoms with Gasteiger partial charge in [-0.3, -0.25) is 4.68 Å². The lowest BCUT2D eigenvalue weighted by molar-refractivity contribution is 0.283. The zero-order chi connectivity index (χ0) is 15.1. The smallest absolute Gasteiger partial charge is 0.0630 e. The van der Waals surface area contributed by atoms with E-state index in [2.05, 4.69) is 43.0 Å². The summed E-state index contributed by atoms with van der Waals surface area (Å²) >= 11 is 0. The van der Waals surface area contributed by atoms with Crippen LogP contribution in [0.1, 0.15) is 77.5 Å². The lowest BCUT2D eigenvalue weighted by atomic mass is 9.82. The second-order valence-corrected chi connectivity index (χ2v) is 7.10. The molecule has 0 bridgehead atoms. The molecule has 0 aromatic carbocycles. The molecule has 1 saturated carbocycles. The summed E-state index contributed by atoms with van der Waals surface area (Å²) in [5.74, 6) is 0. The average Bonchev–Trinajstić information content (AvgIpc) is 2.97. The molecule has 0 aliphatic heterocycles. The lowest BCUT2D eigenvalue weighted by Crippen LogP contribution is -2.33. The molecule has 1 heterocycles. The maximum absolute atomic E-state index is 4.88. The quantitative estimate of drug-likeness (QED) is 0.722. The van der Waals surface area contributed by atoms with Gasteiger partial charge in [-0.15, -0.1) is 0 Å². The van der Waals surface area contributed by atoms with Gasteiger partial charge in [0, 0.05) is 12.7 Å². The largest absolute Gasteiger partial charge is 0.316 e. The minimum atomic E-state index is 0.320. The van der Waals surface area contributed by atoms with Crippen LogP contribution in [-0.2, 0) is 6.42 Å². The third-order valence-corrected chi connectivity index (χ3v) is 5.05. The normalized spacial score (nSPS) is 19.6. The van der Waals surface area contributed by atoms with Crippen LogP contribution in [0.3, 0.4) is 0 Å². The standard InChI is InChI=1S/C18H33N3/c1-4-12-19-15-18(3,5-2)14-16-11-13-21(20-16)17-9-7-6-8-10-17/h11,13,17,19H,4-10,12,14-15H2,1-3H3. The summed E-state index contributed by atoms with van der Waals surface area (Å²) in [5.41, 5.74) is 1.59. The molecule has 0 radical (unpaired) electrons. The molecule has 1 unspecified atom stereocenters. The van der Waals surface area contributed by atoms with E-state index < -0.39 is 0 Å². The van der Waals surface area contributed by atoms with Gasteiger partial charge in [0.1, 0.15) is 0 Å². The predicted molar refractivity (Wildman–Crippen MR) is 89.6 cm³/mol. The van der Waals surface area contributed by atoms with E-state index in [1.54, 1.807) is 0 Å². The highest BCUT2D eigenvalue weighted by molar-refractivity contribution is 5.04. The third-order valence-electron chi connectivity index (χ3n) is 5.05. The van der Waals surface area contributed by atoms with Crippen LogP contribution in [-0.4, -0.2) is 22.9 Å². The summed E-state index contributed by atoms with van der Waals surface area (Å²) in [4.78, 5) is 0. The molecule has 1 aromatic heterocycles. The van der Waals surface area contributed by atoms with E-state index >= 15 is 0 Å². The Balaban J connectivity index is 1.93. The zero-order valence-corrected chi connectivity index (χ0v) is 14.2. The van der Waals surface area contributed by atoms with Crippen molar-refractivity contribution in [3.8, 4) is 0 Å². The second kappa shape index (κ2) is 7.98. The van der Waals surface area contributed by atoms with Gasteiger partial charge in [0.15, 0.2) is 0 Å². The molecule has 1 aromatic rings. The molecule has 0 amide bonds. The van der Waals surface area contributed by atoms with Gasteiger partial charge in [-0.05, 0) is 50.1 Å². The van der Waals surface area contributed by atoms with Gasteiger partial charge in [0.25, 0.3) is 0 Å². The number of hydrogen-bond donors (Lipinski definition) is 1. The average molecular weight is 291 g/mol. The van der Waals surface area contributed by atoms with Crippen LogP contribution in [0.2, 0.25) is 0 Å². The SMILES string of the molecule is CCCNCC(C)(CC)Cc1ccn(C2CCCCC2)n1. The van der Waals surface area contributed by atoms with Crippen LogP contribution < -0.4 is 5.32 Å². The van der Waals surface area contributed by atoms with E-state index in [-0.39, 0.29) is 0 Å². The van der Waals surface area contributed by atoms with Crippen molar-refractivity contribution >= 4 is 0 Å². The topological polar surface area (TPSA) is 29.9 Å². The highest BCUT2D eigenvalue weighted by Crippen LogP contribution is 2.29. The molecular formula is C18H33N3. The van der Waals surface area contributed by atoms with E-state index in [1.807, 2.05) is 0 Å². The van der Waals surface area contributed by atoms with Crippen molar-refractivity contribution in [1.29, 1.82) is 0 Å². The Hall–Kier alpha value is -0.830. The van der Waals surface area contributed by atoms with Gasteiger partial charge in [-0.25, -0.2) is 0 Å².